The van der Waals surface area contributed by atoms with Crippen molar-refractivity contribution in [2.24, 2.45) is 0 Å². The zero-order chi connectivity index (χ0) is 15.6. The van der Waals surface area contributed by atoms with Crippen LogP contribution in [0, 0.1) is 5.82 Å². The van der Waals surface area contributed by atoms with Crippen LogP contribution in [0.1, 0.15) is 26.6 Å². The number of rotatable bonds is 6. The molecule has 2 rings (SSSR count). The number of aromatic nitrogens is 2. The van der Waals surface area contributed by atoms with Gasteiger partial charge in [0.2, 0.25) is 0 Å². The van der Waals surface area contributed by atoms with Crippen molar-refractivity contribution in [2.45, 2.75) is 39.3 Å². The molecule has 21 heavy (non-hydrogen) atoms. The van der Waals surface area contributed by atoms with Crippen molar-refractivity contribution in [1.29, 1.82) is 0 Å². The number of aryl methyl sites for hydroxylation is 1. The first-order valence-corrected chi connectivity index (χ1v) is 7.83. The first kappa shape index (κ1) is 16.5. The minimum absolute atomic E-state index is 0.0774. The van der Waals surface area contributed by atoms with Crippen LogP contribution in [0.3, 0.4) is 0 Å². The smallest absolute Gasteiger partial charge is 0.144 e. The molecule has 0 fully saturated rings. The lowest BCUT2D eigenvalue weighted by Crippen LogP contribution is -2.31. The number of halogens is 3. The van der Waals surface area contributed by atoms with Gasteiger partial charge in [0, 0.05) is 25.0 Å². The molecule has 0 saturated heterocycles. The zero-order valence-electron chi connectivity index (χ0n) is 12.4. The standard InChI is InChI=1S/C15H19Cl2FN2O/c1-4-21-15(2,3)9-20-13-8-11(18)10(17)7-12(13)19-14(20)5-6-16/h7-8H,4-6,9H2,1-3H3. The Bertz CT molecular complexity index is 640. The van der Waals surface area contributed by atoms with E-state index in [9.17, 15) is 4.39 Å². The number of fused-ring (bicyclic) bond motifs is 1. The van der Waals surface area contributed by atoms with Crippen LogP contribution >= 0.6 is 23.2 Å². The van der Waals surface area contributed by atoms with Gasteiger partial charge in [-0.25, -0.2) is 9.37 Å². The molecule has 1 heterocycles. The van der Waals surface area contributed by atoms with E-state index >= 15 is 0 Å². The molecule has 3 nitrogen and oxygen atoms in total. The Balaban J connectivity index is 2.52. The van der Waals surface area contributed by atoms with Crippen molar-refractivity contribution in [1.82, 2.24) is 9.55 Å². The van der Waals surface area contributed by atoms with Crippen LogP contribution in [0.15, 0.2) is 12.1 Å². The molecule has 0 unspecified atom stereocenters. The van der Waals surface area contributed by atoms with E-state index in [2.05, 4.69) is 4.98 Å². The third-order valence-corrected chi connectivity index (χ3v) is 3.74. The molecule has 0 atom stereocenters. The van der Waals surface area contributed by atoms with Crippen LogP contribution < -0.4 is 0 Å². The molecule has 6 heteroatoms. The second kappa shape index (κ2) is 6.51. The van der Waals surface area contributed by atoms with Crippen molar-refractivity contribution >= 4 is 34.2 Å². The molecule has 0 radical (unpaired) electrons. The number of hydrogen-bond donors (Lipinski definition) is 0. The summed E-state index contributed by atoms with van der Waals surface area (Å²) in [6.07, 6.45) is 0.609. The Hall–Kier alpha value is -0.840. The largest absolute Gasteiger partial charge is 0.374 e. The summed E-state index contributed by atoms with van der Waals surface area (Å²) < 4.78 is 21.5. The lowest BCUT2D eigenvalue weighted by molar-refractivity contribution is -0.0221. The molecule has 0 bridgehead atoms. The third-order valence-electron chi connectivity index (χ3n) is 3.26. The van der Waals surface area contributed by atoms with Gasteiger partial charge in [-0.15, -0.1) is 11.6 Å². The van der Waals surface area contributed by atoms with Crippen LogP contribution in [-0.4, -0.2) is 27.6 Å². The monoisotopic (exact) mass is 332 g/mol. The highest BCUT2D eigenvalue weighted by Gasteiger charge is 2.22. The molecule has 0 aliphatic rings. The van der Waals surface area contributed by atoms with Gasteiger partial charge in [-0.2, -0.15) is 0 Å². The van der Waals surface area contributed by atoms with Gasteiger partial charge in [-0.05, 0) is 26.8 Å². The Morgan fingerprint density at radius 1 is 1.38 bits per heavy atom. The highest BCUT2D eigenvalue weighted by Crippen LogP contribution is 2.26. The molecule has 1 aromatic carbocycles. The maximum atomic E-state index is 13.8. The Morgan fingerprint density at radius 2 is 2.10 bits per heavy atom. The van der Waals surface area contributed by atoms with E-state index in [0.717, 1.165) is 5.82 Å². The van der Waals surface area contributed by atoms with Gasteiger partial charge < -0.3 is 9.30 Å². The van der Waals surface area contributed by atoms with E-state index in [1.54, 1.807) is 6.07 Å². The third kappa shape index (κ3) is 3.68. The average molecular weight is 333 g/mol. The van der Waals surface area contributed by atoms with Gasteiger partial charge in [0.25, 0.3) is 0 Å². The van der Waals surface area contributed by atoms with Crippen LogP contribution in [0.4, 0.5) is 4.39 Å². The van der Waals surface area contributed by atoms with E-state index in [-0.39, 0.29) is 10.6 Å². The van der Waals surface area contributed by atoms with Gasteiger partial charge in [0.05, 0.1) is 28.2 Å². The molecule has 116 valence electrons. The highest BCUT2D eigenvalue weighted by atomic mass is 35.5. The minimum Gasteiger partial charge on any atom is -0.374 e. The molecular formula is C15H19Cl2FN2O. The molecule has 0 spiro atoms. The summed E-state index contributed by atoms with van der Waals surface area (Å²) in [5.74, 6) is 0.820. The van der Waals surface area contributed by atoms with E-state index < -0.39 is 5.82 Å². The molecule has 1 aromatic heterocycles. The van der Waals surface area contributed by atoms with Crippen molar-refractivity contribution in [2.75, 3.05) is 12.5 Å². The molecule has 2 aromatic rings. The topological polar surface area (TPSA) is 27.1 Å². The lowest BCUT2D eigenvalue weighted by atomic mass is 10.1. The Morgan fingerprint density at radius 3 is 2.71 bits per heavy atom. The van der Waals surface area contributed by atoms with Crippen molar-refractivity contribution in [3.63, 3.8) is 0 Å². The molecule has 0 aliphatic carbocycles. The average Bonchev–Trinajstić information content (AvgIpc) is 2.68. The summed E-state index contributed by atoms with van der Waals surface area (Å²) in [4.78, 5) is 4.52. The molecule has 0 saturated carbocycles. The van der Waals surface area contributed by atoms with Gasteiger partial charge in [0.1, 0.15) is 11.6 Å². The van der Waals surface area contributed by atoms with Crippen LogP contribution in [-0.2, 0) is 17.7 Å². The lowest BCUT2D eigenvalue weighted by Gasteiger charge is -2.26. The van der Waals surface area contributed by atoms with Crippen LogP contribution in [0.25, 0.3) is 11.0 Å². The summed E-state index contributed by atoms with van der Waals surface area (Å²) in [7, 11) is 0. The number of nitrogens with zero attached hydrogens (tertiary/aromatic N) is 2. The summed E-state index contributed by atoms with van der Waals surface area (Å²) in [5.41, 5.74) is 1.01. The van der Waals surface area contributed by atoms with E-state index in [0.29, 0.717) is 36.5 Å². The number of ether oxygens (including phenoxy) is 1. The summed E-state index contributed by atoms with van der Waals surface area (Å²) in [5, 5.41) is 0.0774. The fraction of sp³-hybridized carbons (Fsp3) is 0.533. The predicted octanol–water partition coefficient (Wildman–Crippen LogP) is 4.43. The Labute approximate surface area is 134 Å². The molecule has 0 N–H and O–H groups in total. The van der Waals surface area contributed by atoms with E-state index in [4.69, 9.17) is 27.9 Å². The van der Waals surface area contributed by atoms with Crippen LogP contribution in [0.2, 0.25) is 5.02 Å². The first-order valence-electron chi connectivity index (χ1n) is 6.92. The van der Waals surface area contributed by atoms with Gasteiger partial charge in [-0.1, -0.05) is 11.6 Å². The maximum Gasteiger partial charge on any atom is 0.144 e. The van der Waals surface area contributed by atoms with Crippen molar-refractivity contribution in [3.05, 3.63) is 28.8 Å². The van der Waals surface area contributed by atoms with Crippen LogP contribution in [0.5, 0.6) is 0 Å². The van der Waals surface area contributed by atoms with Crippen molar-refractivity contribution in [3.8, 4) is 0 Å². The SMILES string of the molecule is CCOC(C)(C)Cn1c(CCCl)nc2cc(Cl)c(F)cc21. The number of alkyl halides is 1. The molecular weight excluding hydrogens is 314 g/mol. The quantitative estimate of drug-likeness (QED) is 0.732. The van der Waals surface area contributed by atoms with Crippen molar-refractivity contribution < 1.29 is 9.13 Å². The second-order valence-electron chi connectivity index (χ2n) is 5.50. The highest BCUT2D eigenvalue weighted by molar-refractivity contribution is 6.31. The minimum atomic E-state index is -0.447. The zero-order valence-corrected chi connectivity index (χ0v) is 13.9. The fourth-order valence-corrected chi connectivity index (χ4v) is 2.77. The normalized spacial score (nSPS) is 12.3. The summed E-state index contributed by atoms with van der Waals surface area (Å²) in [6.45, 7) is 7.14. The summed E-state index contributed by atoms with van der Waals surface area (Å²) in [6, 6.07) is 2.97. The fourth-order valence-electron chi connectivity index (χ4n) is 2.44. The second-order valence-corrected chi connectivity index (χ2v) is 6.29. The first-order chi connectivity index (χ1) is 9.88. The van der Waals surface area contributed by atoms with Gasteiger partial charge in [0.15, 0.2) is 0 Å². The number of hydrogen-bond acceptors (Lipinski definition) is 2. The number of benzene rings is 1. The van der Waals surface area contributed by atoms with E-state index in [1.807, 2.05) is 25.3 Å². The van der Waals surface area contributed by atoms with Gasteiger partial charge in [-0.3, -0.25) is 0 Å². The maximum absolute atomic E-state index is 13.8. The molecule has 0 aliphatic heterocycles. The molecule has 0 amide bonds. The summed E-state index contributed by atoms with van der Waals surface area (Å²) >= 11 is 11.7. The number of imidazole rings is 1. The predicted molar refractivity (Wildman–Crippen MR) is 84.8 cm³/mol. The van der Waals surface area contributed by atoms with E-state index in [1.165, 1.54) is 6.07 Å². The van der Waals surface area contributed by atoms with Gasteiger partial charge >= 0.3 is 0 Å². The Kier molecular flexibility index (Phi) is 5.12.